The third-order valence-electron chi connectivity index (χ3n) is 4.25. The van der Waals surface area contributed by atoms with Gasteiger partial charge in [0.1, 0.15) is 5.69 Å². The number of aromatic nitrogens is 3. The smallest absolute Gasteiger partial charge is 0.287 e. The minimum atomic E-state index is -3.08. The number of aryl methyl sites for hydroxylation is 2. The molecule has 0 bridgehead atoms. The summed E-state index contributed by atoms with van der Waals surface area (Å²) in [4.78, 5) is 16.1. The van der Waals surface area contributed by atoms with Crippen LogP contribution in [0.3, 0.4) is 0 Å². The second-order valence-electron chi connectivity index (χ2n) is 8.27. The maximum Gasteiger partial charge on any atom is 0.287 e. The van der Waals surface area contributed by atoms with Crippen LogP contribution in [0.2, 0.25) is 0 Å². The van der Waals surface area contributed by atoms with Crippen LogP contribution in [0, 0.1) is 6.92 Å². The molecule has 0 unspecified atom stereocenters. The summed E-state index contributed by atoms with van der Waals surface area (Å²) in [7, 11) is 0. The lowest BCUT2D eigenvalue weighted by molar-refractivity contribution is 0.0133. The Bertz CT molecular complexity index is 1030. The lowest BCUT2D eigenvalue weighted by Crippen LogP contribution is -2.21. The van der Waals surface area contributed by atoms with E-state index in [4.69, 9.17) is 0 Å². The summed E-state index contributed by atoms with van der Waals surface area (Å²) in [5.74, 6) is -3.61. The van der Waals surface area contributed by atoms with E-state index >= 15 is 0 Å². The molecule has 0 atom stereocenters. The Balaban J connectivity index is 0.00000107. The lowest BCUT2D eigenvalue weighted by atomic mass is 10.1. The summed E-state index contributed by atoms with van der Waals surface area (Å²) in [6.07, 6.45) is 3.65. The van der Waals surface area contributed by atoms with E-state index in [2.05, 4.69) is 29.2 Å². The van der Waals surface area contributed by atoms with Crippen LogP contribution in [-0.2, 0) is 12.5 Å². The second kappa shape index (κ2) is 9.82. The highest BCUT2D eigenvalue weighted by atomic mass is 32.1. The molecule has 0 aliphatic carbocycles. The summed E-state index contributed by atoms with van der Waals surface area (Å²) < 4.78 is 28.4. The molecular weight excluding hydrogens is 422 g/mol. The van der Waals surface area contributed by atoms with Crippen molar-refractivity contribution in [3.8, 4) is 0 Å². The number of aliphatic hydroxyl groups is 1. The highest BCUT2D eigenvalue weighted by molar-refractivity contribution is 7.11. The fourth-order valence-corrected chi connectivity index (χ4v) is 3.41. The Morgan fingerprint density at radius 2 is 1.90 bits per heavy atom. The molecule has 0 aliphatic heterocycles. The largest absolute Gasteiger partial charge is 0.390 e. The third-order valence-corrected chi connectivity index (χ3v) is 5.09. The third kappa shape index (κ3) is 7.07. The molecule has 1 amide bonds. The highest BCUT2D eigenvalue weighted by Gasteiger charge is 2.28. The van der Waals surface area contributed by atoms with Crippen LogP contribution in [0.25, 0.3) is 10.9 Å². The normalized spacial score (nSPS) is 11.9. The number of benzene rings is 1. The minimum Gasteiger partial charge on any atom is -0.390 e. The number of nitrogens with zero attached hydrogens (tertiary/aromatic N) is 3. The molecule has 2 aromatic heterocycles. The maximum absolute atomic E-state index is 13.3. The Hall–Kier alpha value is -2.39. The maximum atomic E-state index is 13.3. The van der Waals surface area contributed by atoms with E-state index < -0.39 is 23.1 Å². The van der Waals surface area contributed by atoms with Gasteiger partial charge in [-0.3, -0.25) is 9.48 Å². The number of anilines is 1. The molecule has 0 fully saturated rings. The Morgan fingerprint density at radius 1 is 1.26 bits per heavy atom. The second-order valence-corrected chi connectivity index (χ2v) is 9.13. The molecule has 6 nitrogen and oxygen atoms in total. The fraction of sp³-hybridized carbons (Fsp3) is 0.500. The number of hydrogen-bond donors (Lipinski definition) is 2. The van der Waals surface area contributed by atoms with Gasteiger partial charge >= 0.3 is 0 Å². The van der Waals surface area contributed by atoms with Gasteiger partial charge in [0.05, 0.1) is 11.1 Å². The number of amides is 1. The van der Waals surface area contributed by atoms with Crippen molar-refractivity contribution < 1.29 is 18.7 Å². The first-order valence-corrected chi connectivity index (χ1v) is 11.1. The number of nitrogens with one attached hydrogen (secondary N) is 1. The van der Waals surface area contributed by atoms with Crippen molar-refractivity contribution in [3.05, 3.63) is 40.0 Å². The quantitative estimate of drug-likeness (QED) is 0.500. The van der Waals surface area contributed by atoms with Gasteiger partial charge in [0.25, 0.3) is 11.8 Å². The molecule has 0 saturated heterocycles. The molecule has 31 heavy (non-hydrogen) atoms. The van der Waals surface area contributed by atoms with Crippen LogP contribution in [0.4, 0.5) is 14.5 Å². The Kier molecular flexibility index (Phi) is 7.88. The first-order valence-electron chi connectivity index (χ1n) is 10.2. The van der Waals surface area contributed by atoms with E-state index in [-0.39, 0.29) is 5.01 Å². The molecule has 1 aromatic carbocycles. The Labute approximate surface area is 185 Å². The van der Waals surface area contributed by atoms with Crippen LogP contribution in [0.5, 0.6) is 0 Å². The van der Waals surface area contributed by atoms with E-state index in [9.17, 15) is 18.7 Å². The average molecular weight is 453 g/mol. The molecule has 0 saturated carbocycles. The summed E-state index contributed by atoms with van der Waals surface area (Å²) >= 11 is 0.883. The van der Waals surface area contributed by atoms with Crippen molar-refractivity contribution >= 4 is 33.8 Å². The fourth-order valence-electron chi connectivity index (χ4n) is 2.62. The number of thiazole rings is 1. The predicted molar refractivity (Wildman–Crippen MR) is 121 cm³/mol. The van der Waals surface area contributed by atoms with E-state index in [1.54, 1.807) is 24.6 Å². The molecule has 0 radical (unpaired) electrons. The van der Waals surface area contributed by atoms with Crippen molar-refractivity contribution in [2.45, 2.75) is 72.5 Å². The van der Waals surface area contributed by atoms with Crippen LogP contribution in [-0.4, -0.2) is 31.4 Å². The zero-order chi connectivity index (χ0) is 23.4. The lowest BCUT2D eigenvalue weighted by Gasteiger charge is -2.16. The van der Waals surface area contributed by atoms with Crippen molar-refractivity contribution in [1.29, 1.82) is 0 Å². The zero-order valence-electron chi connectivity index (χ0n) is 18.8. The van der Waals surface area contributed by atoms with Gasteiger partial charge in [0.15, 0.2) is 5.01 Å². The van der Waals surface area contributed by atoms with Crippen LogP contribution in [0.15, 0.2) is 23.7 Å². The van der Waals surface area contributed by atoms with Gasteiger partial charge in [0, 0.05) is 36.1 Å². The van der Waals surface area contributed by atoms with E-state index in [1.807, 2.05) is 19.2 Å². The van der Waals surface area contributed by atoms with Crippen LogP contribution in [0.1, 0.15) is 68.5 Å². The number of carbonyl (C=O) groups is 1. The van der Waals surface area contributed by atoms with Gasteiger partial charge in [0.2, 0.25) is 0 Å². The predicted octanol–water partition coefficient (Wildman–Crippen LogP) is 5.74. The number of halogens is 2. The van der Waals surface area contributed by atoms with Gasteiger partial charge in [-0.05, 0) is 44.9 Å². The average Bonchev–Trinajstić information content (AvgIpc) is 3.27. The van der Waals surface area contributed by atoms with Gasteiger partial charge in [-0.25, -0.2) is 4.98 Å². The molecular formula is C22H30F2N4O2S. The van der Waals surface area contributed by atoms with Gasteiger partial charge in [-0.15, -0.1) is 11.3 Å². The molecule has 0 aliphatic rings. The summed E-state index contributed by atoms with van der Waals surface area (Å²) in [6, 6.07) is 3.64. The standard InChI is InChI=1S/C19H22F2N4O2S.C3H8/c1-11-7-14-12(9-25(24-14)6-5-18(2,3)27)8-13(11)22-16(26)17-23-15(10-28-17)19(4,20)21;1-3-2/h7-10,27H,5-6H2,1-4H3,(H,22,26);3H2,1-2H3. The highest BCUT2D eigenvalue weighted by Crippen LogP contribution is 2.29. The van der Waals surface area contributed by atoms with E-state index in [0.29, 0.717) is 18.7 Å². The van der Waals surface area contributed by atoms with Gasteiger partial charge in [-0.1, -0.05) is 20.3 Å². The molecule has 9 heteroatoms. The summed E-state index contributed by atoms with van der Waals surface area (Å²) in [5.41, 5.74) is 0.941. The van der Waals surface area contributed by atoms with Crippen LogP contribution >= 0.6 is 11.3 Å². The van der Waals surface area contributed by atoms with Gasteiger partial charge < -0.3 is 10.4 Å². The number of fused-ring (bicyclic) bond motifs is 1. The molecule has 2 N–H and O–H groups in total. The molecule has 2 heterocycles. The summed E-state index contributed by atoms with van der Waals surface area (Å²) in [5, 5.41) is 19.1. The van der Waals surface area contributed by atoms with Crippen molar-refractivity contribution in [3.63, 3.8) is 0 Å². The van der Waals surface area contributed by atoms with Gasteiger partial charge in [-0.2, -0.15) is 13.9 Å². The first-order chi connectivity index (χ1) is 14.3. The zero-order valence-corrected chi connectivity index (χ0v) is 19.6. The Morgan fingerprint density at radius 3 is 2.45 bits per heavy atom. The van der Waals surface area contributed by atoms with E-state index in [0.717, 1.165) is 34.7 Å². The molecule has 170 valence electrons. The summed E-state index contributed by atoms with van der Waals surface area (Å²) in [6.45, 7) is 10.9. The minimum absolute atomic E-state index is 0.0168. The monoisotopic (exact) mass is 452 g/mol. The van der Waals surface area contributed by atoms with Crippen LogP contribution < -0.4 is 5.32 Å². The SMILES string of the molecule is CCC.Cc1cc2nn(CCC(C)(C)O)cc2cc1NC(=O)c1nc(C(C)(F)F)cs1. The molecule has 3 rings (SSSR count). The molecule has 3 aromatic rings. The van der Waals surface area contributed by atoms with Crippen molar-refractivity contribution in [2.24, 2.45) is 0 Å². The molecule has 0 spiro atoms. The number of alkyl halides is 2. The topological polar surface area (TPSA) is 80.0 Å². The van der Waals surface area contributed by atoms with Crippen molar-refractivity contribution in [2.75, 3.05) is 5.32 Å². The number of hydrogen-bond acceptors (Lipinski definition) is 5. The first kappa shape index (κ1) is 24.9. The van der Waals surface area contributed by atoms with E-state index in [1.165, 1.54) is 11.8 Å². The number of rotatable bonds is 6. The van der Waals surface area contributed by atoms with Crippen molar-refractivity contribution in [1.82, 2.24) is 14.8 Å². The number of carbonyl (C=O) groups excluding carboxylic acids is 1.